The molecule has 1 aromatic carbocycles. The zero-order valence-electron chi connectivity index (χ0n) is 14.8. The predicted molar refractivity (Wildman–Crippen MR) is 92.2 cm³/mol. The van der Waals surface area contributed by atoms with Gasteiger partial charge in [0.1, 0.15) is 11.4 Å². The van der Waals surface area contributed by atoms with Gasteiger partial charge in [-0.05, 0) is 39.0 Å². The number of methoxy groups -OCH3 is 1. The summed E-state index contributed by atoms with van der Waals surface area (Å²) >= 11 is 0. The fraction of sp³-hybridized carbons (Fsp3) is 0.588. The molecule has 0 bridgehead atoms. The van der Waals surface area contributed by atoms with E-state index in [0.717, 1.165) is 5.69 Å². The molecule has 0 fully saturated rings. The van der Waals surface area contributed by atoms with E-state index < -0.39 is 11.7 Å². The van der Waals surface area contributed by atoms with Crippen molar-refractivity contribution >= 4 is 17.5 Å². The molecule has 130 valence electrons. The smallest absolute Gasteiger partial charge is 0.412 e. The van der Waals surface area contributed by atoms with Gasteiger partial charge in [-0.15, -0.1) is 0 Å². The number of amides is 1. The largest absolute Gasteiger partial charge is 0.495 e. The third kappa shape index (κ3) is 6.78. The minimum Gasteiger partial charge on any atom is -0.495 e. The van der Waals surface area contributed by atoms with Gasteiger partial charge in [-0.1, -0.05) is 13.8 Å². The van der Waals surface area contributed by atoms with Crippen LogP contribution in [0.2, 0.25) is 0 Å². The maximum Gasteiger partial charge on any atom is 0.412 e. The molecule has 6 nitrogen and oxygen atoms in total. The quantitative estimate of drug-likeness (QED) is 0.746. The van der Waals surface area contributed by atoms with Crippen molar-refractivity contribution in [2.75, 3.05) is 30.9 Å². The predicted octanol–water partition coefficient (Wildman–Crippen LogP) is 3.47. The third-order valence-electron chi connectivity index (χ3n) is 3.03. The summed E-state index contributed by atoms with van der Waals surface area (Å²) in [7, 11) is 1.54. The second-order valence-corrected chi connectivity index (χ2v) is 7.22. The molecule has 0 unspecified atom stereocenters. The van der Waals surface area contributed by atoms with Crippen LogP contribution in [0.15, 0.2) is 18.2 Å². The summed E-state index contributed by atoms with van der Waals surface area (Å²) in [6.45, 7) is 10.0. The van der Waals surface area contributed by atoms with Crippen LogP contribution in [0.1, 0.15) is 34.6 Å². The number of carbonyl (C=O) groups excluding carboxylic acids is 1. The molecule has 0 saturated carbocycles. The molecular weight excluding hydrogens is 296 g/mol. The molecule has 0 radical (unpaired) electrons. The summed E-state index contributed by atoms with van der Waals surface area (Å²) in [6, 6.07) is 5.39. The average Bonchev–Trinajstić information content (AvgIpc) is 2.43. The highest BCUT2D eigenvalue weighted by atomic mass is 16.6. The van der Waals surface area contributed by atoms with Crippen LogP contribution >= 0.6 is 0 Å². The van der Waals surface area contributed by atoms with Crippen LogP contribution in [0.4, 0.5) is 16.2 Å². The van der Waals surface area contributed by atoms with Gasteiger partial charge in [0.25, 0.3) is 0 Å². The molecule has 0 aliphatic carbocycles. The Bertz CT molecular complexity index is 536. The second-order valence-electron chi connectivity index (χ2n) is 7.22. The Kier molecular flexibility index (Phi) is 6.27. The molecule has 1 aromatic rings. The maximum absolute atomic E-state index is 11.9. The Morgan fingerprint density at radius 2 is 1.87 bits per heavy atom. The lowest BCUT2D eigenvalue weighted by Gasteiger charge is -2.23. The van der Waals surface area contributed by atoms with Gasteiger partial charge in [0.2, 0.25) is 0 Å². The lowest BCUT2D eigenvalue weighted by Crippen LogP contribution is -2.28. The number of anilines is 2. The molecule has 23 heavy (non-hydrogen) atoms. The van der Waals surface area contributed by atoms with Gasteiger partial charge < -0.3 is 19.9 Å². The Labute approximate surface area is 138 Å². The molecule has 0 aliphatic heterocycles. The fourth-order valence-electron chi connectivity index (χ4n) is 1.73. The van der Waals surface area contributed by atoms with Crippen LogP contribution in [-0.4, -0.2) is 37.1 Å². The molecule has 0 aliphatic rings. The zero-order valence-corrected chi connectivity index (χ0v) is 14.8. The zero-order chi connectivity index (χ0) is 17.7. The molecule has 0 heterocycles. The van der Waals surface area contributed by atoms with Crippen molar-refractivity contribution in [2.24, 2.45) is 5.41 Å². The fourth-order valence-corrected chi connectivity index (χ4v) is 1.73. The van der Waals surface area contributed by atoms with Crippen molar-refractivity contribution in [3.8, 4) is 5.75 Å². The number of ether oxygens (including phenoxy) is 2. The van der Waals surface area contributed by atoms with Crippen molar-refractivity contribution in [1.82, 2.24) is 0 Å². The number of hydrogen-bond donors (Lipinski definition) is 3. The first kappa shape index (κ1) is 19.1. The van der Waals surface area contributed by atoms with Crippen LogP contribution in [0.25, 0.3) is 0 Å². The first-order chi connectivity index (χ1) is 10.6. The number of carbonyl (C=O) groups is 1. The van der Waals surface area contributed by atoms with E-state index in [1.165, 1.54) is 7.11 Å². The van der Waals surface area contributed by atoms with E-state index >= 15 is 0 Å². The van der Waals surface area contributed by atoms with Crippen molar-refractivity contribution in [3.63, 3.8) is 0 Å². The Hall–Kier alpha value is -1.95. The Morgan fingerprint density at radius 1 is 1.22 bits per heavy atom. The molecule has 1 rings (SSSR count). The van der Waals surface area contributed by atoms with Crippen molar-refractivity contribution < 1.29 is 19.4 Å². The van der Waals surface area contributed by atoms with E-state index in [0.29, 0.717) is 18.0 Å². The summed E-state index contributed by atoms with van der Waals surface area (Å²) in [4.78, 5) is 11.9. The minimum absolute atomic E-state index is 0.0825. The molecule has 0 atom stereocenters. The van der Waals surface area contributed by atoms with E-state index in [1.54, 1.807) is 32.9 Å². The van der Waals surface area contributed by atoms with Crippen molar-refractivity contribution in [3.05, 3.63) is 18.2 Å². The number of rotatable bonds is 6. The monoisotopic (exact) mass is 324 g/mol. The molecule has 0 aromatic heterocycles. The highest BCUT2D eigenvalue weighted by Gasteiger charge is 2.19. The highest BCUT2D eigenvalue weighted by molar-refractivity contribution is 5.88. The number of nitrogens with one attached hydrogen (secondary N) is 2. The summed E-state index contributed by atoms with van der Waals surface area (Å²) < 4.78 is 10.5. The number of aliphatic hydroxyl groups is 1. The van der Waals surface area contributed by atoms with Gasteiger partial charge >= 0.3 is 6.09 Å². The van der Waals surface area contributed by atoms with Gasteiger partial charge in [0.15, 0.2) is 0 Å². The molecule has 3 N–H and O–H groups in total. The average molecular weight is 324 g/mol. The topological polar surface area (TPSA) is 79.8 Å². The SMILES string of the molecule is COc1ccc(NCC(C)(C)CO)cc1NC(=O)OC(C)(C)C. The lowest BCUT2D eigenvalue weighted by atomic mass is 9.95. The summed E-state index contributed by atoms with van der Waals surface area (Å²) in [5.41, 5.74) is 0.531. The number of benzene rings is 1. The molecule has 0 saturated heterocycles. The van der Waals surface area contributed by atoms with Crippen LogP contribution in [0.5, 0.6) is 5.75 Å². The van der Waals surface area contributed by atoms with Crippen LogP contribution in [0, 0.1) is 5.41 Å². The van der Waals surface area contributed by atoms with Gasteiger partial charge in [0.05, 0.1) is 12.8 Å². The molecule has 1 amide bonds. The van der Waals surface area contributed by atoms with Gasteiger partial charge in [-0.3, -0.25) is 5.32 Å². The normalized spacial score (nSPS) is 11.8. The molecule has 6 heteroatoms. The van der Waals surface area contributed by atoms with E-state index in [4.69, 9.17) is 9.47 Å². The Balaban J connectivity index is 2.85. The number of aliphatic hydroxyl groups excluding tert-OH is 1. The first-order valence-electron chi connectivity index (χ1n) is 7.59. The third-order valence-corrected chi connectivity index (χ3v) is 3.03. The number of hydrogen-bond acceptors (Lipinski definition) is 5. The summed E-state index contributed by atoms with van der Waals surface area (Å²) in [5, 5.41) is 15.2. The van der Waals surface area contributed by atoms with Gasteiger partial charge in [-0.25, -0.2) is 4.79 Å². The Morgan fingerprint density at radius 3 is 2.39 bits per heavy atom. The van der Waals surface area contributed by atoms with E-state index in [1.807, 2.05) is 19.9 Å². The first-order valence-corrected chi connectivity index (χ1v) is 7.59. The molecular formula is C17H28N2O4. The van der Waals surface area contributed by atoms with Crippen LogP contribution in [-0.2, 0) is 4.74 Å². The van der Waals surface area contributed by atoms with Crippen LogP contribution in [0.3, 0.4) is 0 Å². The summed E-state index contributed by atoms with van der Waals surface area (Å²) in [6.07, 6.45) is -0.538. The standard InChI is InChI=1S/C17H28N2O4/c1-16(2,3)23-15(21)19-13-9-12(7-8-14(13)22-6)18-10-17(4,5)11-20/h7-9,18,20H,10-11H2,1-6H3,(H,19,21). The maximum atomic E-state index is 11.9. The van der Waals surface area contributed by atoms with Crippen molar-refractivity contribution in [2.45, 2.75) is 40.2 Å². The summed E-state index contributed by atoms with van der Waals surface area (Å²) in [5.74, 6) is 0.544. The van der Waals surface area contributed by atoms with Crippen molar-refractivity contribution in [1.29, 1.82) is 0 Å². The molecule has 0 spiro atoms. The van der Waals surface area contributed by atoms with Crippen LogP contribution < -0.4 is 15.4 Å². The van der Waals surface area contributed by atoms with Gasteiger partial charge in [-0.2, -0.15) is 0 Å². The second kappa shape index (κ2) is 7.55. The van der Waals surface area contributed by atoms with E-state index in [9.17, 15) is 9.90 Å². The highest BCUT2D eigenvalue weighted by Crippen LogP contribution is 2.29. The minimum atomic E-state index is -0.571. The van der Waals surface area contributed by atoms with Gasteiger partial charge in [0, 0.05) is 24.3 Å². The van der Waals surface area contributed by atoms with E-state index in [-0.39, 0.29) is 12.0 Å². The lowest BCUT2D eigenvalue weighted by molar-refractivity contribution is 0.0635. The van der Waals surface area contributed by atoms with E-state index in [2.05, 4.69) is 10.6 Å².